The van der Waals surface area contributed by atoms with Crippen LogP contribution in [0.15, 0.2) is 12.1 Å². The molecule has 0 saturated heterocycles. The molecule has 88 valence electrons. The van der Waals surface area contributed by atoms with E-state index in [2.05, 4.69) is 0 Å². The van der Waals surface area contributed by atoms with Crippen LogP contribution in [0, 0.1) is 0 Å². The molecular weight excluding hydrogens is 208 g/mol. The number of methoxy groups -OCH3 is 2. The van der Waals surface area contributed by atoms with E-state index in [0.29, 0.717) is 17.9 Å². The lowest BCUT2D eigenvalue weighted by Crippen LogP contribution is -2.11. The van der Waals surface area contributed by atoms with Crippen LogP contribution in [-0.4, -0.2) is 30.0 Å². The van der Waals surface area contributed by atoms with E-state index in [-0.39, 0.29) is 5.75 Å². The van der Waals surface area contributed by atoms with Crippen LogP contribution in [0.4, 0.5) is 0 Å². The molecule has 0 aromatic heterocycles. The normalized spacial score (nSPS) is 16.9. The number of rotatable bonds is 4. The van der Waals surface area contributed by atoms with Crippen molar-refractivity contribution in [3.63, 3.8) is 0 Å². The first-order valence-electron chi connectivity index (χ1n) is 5.24. The van der Waals surface area contributed by atoms with Gasteiger partial charge in [-0.15, -0.1) is 0 Å². The first-order chi connectivity index (χ1) is 7.58. The van der Waals surface area contributed by atoms with Crippen LogP contribution >= 0.6 is 0 Å². The number of phenolic OH excluding ortho intramolecular Hbond substituents is 1. The predicted octanol–water partition coefficient (Wildman–Crippen LogP) is 1.48. The highest BCUT2D eigenvalue weighted by molar-refractivity contribution is 5.50. The lowest BCUT2D eigenvalue weighted by Gasteiger charge is -2.14. The molecule has 1 aromatic rings. The summed E-state index contributed by atoms with van der Waals surface area (Å²) in [6.45, 7) is 0. The van der Waals surface area contributed by atoms with Gasteiger partial charge >= 0.3 is 0 Å². The van der Waals surface area contributed by atoms with Gasteiger partial charge in [-0.2, -0.15) is 0 Å². The number of ether oxygens (including phenoxy) is 2. The summed E-state index contributed by atoms with van der Waals surface area (Å²) >= 11 is 0. The van der Waals surface area contributed by atoms with Crippen LogP contribution in [0.25, 0.3) is 0 Å². The second-order valence-electron chi connectivity index (χ2n) is 4.24. The molecule has 4 nitrogen and oxygen atoms in total. The van der Waals surface area contributed by atoms with Crippen molar-refractivity contribution in [2.45, 2.75) is 24.9 Å². The van der Waals surface area contributed by atoms with Crippen LogP contribution in [0.5, 0.6) is 17.2 Å². The third kappa shape index (κ3) is 2.07. The van der Waals surface area contributed by atoms with Gasteiger partial charge in [-0.3, -0.25) is 0 Å². The summed E-state index contributed by atoms with van der Waals surface area (Å²) in [4.78, 5) is 0. The smallest absolute Gasteiger partial charge is 0.161 e. The van der Waals surface area contributed by atoms with E-state index in [9.17, 15) is 10.2 Å². The van der Waals surface area contributed by atoms with Gasteiger partial charge in [0.2, 0.25) is 0 Å². The van der Waals surface area contributed by atoms with Crippen molar-refractivity contribution in [2.24, 2.45) is 0 Å². The van der Waals surface area contributed by atoms with Crippen molar-refractivity contribution in [3.8, 4) is 17.2 Å². The lowest BCUT2D eigenvalue weighted by atomic mass is 10.0. The largest absolute Gasteiger partial charge is 0.504 e. The zero-order valence-corrected chi connectivity index (χ0v) is 9.49. The molecule has 16 heavy (non-hydrogen) atoms. The Bertz CT molecular complexity index is 396. The monoisotopic (exact) mass is 224 g/mol. The fraction of sp³-hybridized carbons (Fsp3) is 0.500. The van der Waals surface area contributed by atoms with Gasteiger partial charge < -0.3 is 19.7 Å². The van der Waals surface area contributed by atoms with Crippen molar-refractivity contribution in [1.29, 1.82) is 0 Å². The molecule has 4 heteroatoms. The molecular formula is C12H16O4. The van der Waals surface area contributed by atoms with E-state index < -0.39 is 5.60 Å². The molecule has 0 bridgehead atoms. The Morgan fingerprint density at radius 3 is 2.31 bits per heavy atom. The summed E-state index contributed by atoms with van der Waals surface area (Å²) in [6.07, 6.45) is 2.17. The van der Waals surface area contributed by atoms with Crippen LogP contribution in [-0.2, 0) is 6.42 Å². The summed E-state index contributed by atoms with van der Waals surface area (Å²) in [6, 6.07) is 3.23. The number of hydrogen-bond acceptors (Lipinski definition) is 4. The second-order valence-corrected chi connectivity index (χ2v) is 4.24. The molecule has 2 rings (SSSR count). The highest BCUT2D eigenvalue weighted by Gasteiger charge is 2.41. The van der Waals surface area contributed by atoms with Gasteiger partial charge in [0, 0.05) is 18.1 Å². The Morgan fingerprint density at radius 2 is 1.81 bits per heavy atom. The fourth-order valence-corrected chi connectivity index (χ4v) is 1.76. The highest BCUT2D eigenvalue weighted by Crippen LogP contribution is 2.42. The minimum Gasteiger partial charge on any atom is -0.504 e. The standard InChI is InChI=1S/C12H16O4/c1-15-10-6-9(13)11(16-2)5-8(10)7-12(14)3-4-12/h5-6,13-14H,3-4,7H2,1-2H3. The summed E-state index contributed by atoms with van der Waals surface area (Å²) in [7, 11) is 3.04. The van der Waals surface area contributed by atoms with Gasteiger partial charge in [-0.25, -0.2) is 0 Å². The SMILES string of the molecule is COc1cc(CC2(O)CC2)c(OC)cc1O. The van der Waals surface area contributed by atoms with Crippen molar-refractivity contribution in [3.05, 3.63) is 17.7 Å². The van der Waals surface area contributed by atoms with Gasteiger partial charge in [-0.05, 0) is 18.9 Å². The molecule has 1 aliphatic carbocycles. The van der Waals surface area contributed by atoms with E-state index in [4.69, 9.17) is 9.47 Å². The minimum absolute atomic E-state index is 0.0471. The number of aliphatic hydroxyl groups is 1. The zero-order chi connectivity index (χ0) is 11.8. The number of aromatic hydroxyl groups is 1. The summed E-state index contributed by atoms with van der Waals surface area (Å²) < 4.78 is 10.2. The average molecular weight is 224 g/mol. The molecule has 0 unspecified atom stereocenters. The fourth-order valence-electron chi connectivity index (χ4n) is 1.76. The third-order valence-electron chi connectivity index (χ3n) is 2.93. The summed E-state index contributed by atoms with van der Waals surface area (Å²) in [5, 5.41) is 19.5. The van der Waals surface area contributed by atoms with Gasteiger partial charge in [0.15, 0.2) is 11.5 Å². The molecule has 1 saturated carbocycles. The molecule has 0 radical (unpaired) electrons. The molecule has 0 aliphatic heterocycles. The van der Waals surface area contributed by atoms with E-state index >= 15 is 0 Å². The van der Waals surface area contributed by atoms with Gasteiger partial charge in [0.25, 0.3) is 0 Å². The van der Waals surface area contributed by atoms with Crippen molar-refractivity contribution in [2.75, 3.05) is 14.2 Å². The molecule has 0 heterocycles. The third-order valence-corrected chi connectivity index (χ3v) is 2.93. The van der Waals surface area contributed by atoms with E-state index in [1.165, 1.54) is 13.2 Å². The Balaban J connectivity index is 2.33. The minimum atomic E-state index is -0.588. The van der Waals surface area contributed by atoms with Crippen LogP contribution in [0.2, 0.25) is 0 Å². The average Bonchev–Trinajstić information content (AvgIpc) is 2.98. The molecule has 0 spiro atoms. The molecule has 2 N–H and O–H groups in total. The molecule has 1 fully saturated rings. The first-order valence-corrected chi connectivity index (χ1v) is 5.24. The van der Waals surface area contributed by atoms with Crippen LogP contribution in [0.3, 0.4) is 0 Å². The van der Waals surface area contributed by atoms with E-state index in [1.54, 1.807) is 13.2 Å². The van der Waals surface area contributed by atoms with Crippen molar-refractivity contribution >= 4 is 0 Å². The maximum Gasteiger partial charge on any atom is 0.161 e. The van der Waals surface area contributed by atoms with Gasteiger partial charge in [-0.1, -0.05) is 0 Å². The number of benzene rings is 1. The summed E-state index contributed by atoms with van der Waals surface area (Å²) in [5.74, 6) is 1.03. The Labute approximate surface area is 94.4 Å². The predicted molar refractivity (Wildman–Crippen MR) is 59.1 cm³/mol. The molecule has 0 amide bonds. The second kappa shape index (κ2) is 3.87. The highest BCUT2D eigenvalue weighted by atomic mass is 16.5. The first kappa shape index (κ1) is 11.1. The molecule has 1 aliphatic rings. The number of phenols is 1. The quantitative estimate of drug-likeness (QED) is 0.813. The Hall–Kier alpha value is -1.42. The maximum absolute atomic E-state index is 9.88. The van der Waals surface area contributed by atoms with E-state index in [0.717, 1.165) is 18.4 Å². The van der Waals surface area contributed by atoms with E-state index in [1.807, 2.05) is 0 Å². The summed E-state index contributed by atoms with van der Waals surface area (Å²) in [5.41, 5.74) is 0.270. The number of hydrogen-bond donors (Lipinski definition) is 2. The molecule has 0 atom stereocenters. The van der Waals surface area contributed by atoms with Crippen LogP contribution < -0.4 is 9.47 Å². The van der Waals surface area contributed by atoms with Crippen molar-refractivity contribution < 1.29 is 19.7 Å². The maximum atomic E-state index is 9.88. The molecule has 1 aromatic carbocycles. The van der Waals surface area contributed by atoms with Crippen LogP contribution in [0.1, 0.15) is 18.4 Å². The Morgan fingerprint density at radius 1 is 1.19 bits per heavy atom. The Kier molecular flexibility index (Phi) is 2.68. The zero-order valence-electron chi connectivity index (χ0n) is 9.49. The lowest BCUT2D eigenvalue weighted by molar-refractivity contribution is 0.149. The van der Waals surface area contributed by atoms with Gasteiger partial charge in [0.05, 0.1) is 19.8 Å². The van der Waals surface area contributed by atoms with Crippen molar-refractivity contribution in [1.82, 2.24) is 0 Å². The van der Waals surface area contributed by atoms with Gasteiger partial charge in [0.1, 0.15) is 5.75 Å². The topological polar surface area (TPSA) is 58.9 Å².